The second-order valence-corrected chi connectivity index (χ2v) is 8.88. The molecule has 0 heterocycles. The average Bonchev–Trinajstić information content (AvgIpc) is 2.62. The Morgan fingerprint density at radius 3 is 1.13 bits per heavy atom. The molecule has 0 amide bonds. The first-order valence-corrected chi connectivity index (χ1v) is 9.51. The van der Waals surface area contributed by atoms with Gasteiger partial charge in [-0.15, -0.1) is 12.4 Å². The minimum atomic E-state index is -1.80. The molecule has 23 heavy (non-hydrogen) atoms. The smallest absolute Gasteiger partial charge is 0.114 e. The molecule has 0 unspecified atom stereocenters. The first-order chi connectivity index (χ1) is 10.9. The molecule has 1 nitrogen and oxygen atoms in total. The van der Waals surface area contributed by atoms with Crippen molar-refractivity contribution in [2.24, 2.45) is 0 Å². The minimum absolute atomic E-state index is 0. The molecule has 3 heteroatoms. The molecule has 0 bridgehead atoms. The van der Waals surface area contributed by atoms with Gasteiger partial charge in [0.15, 0.2) is 0 Å². The number of aliphatic hydroxyl groups excluding tert-OH is 1. The summed E-state index contributed by atoms with van der Waals surface area (Å²) in [6, 6.07) is 31.9. The van der Waals surface area contributed by atoms with Crippen molar-refractivity contribution in [2.75, 3.05) is 12.8 Å². The lowest BCUT2D eigenvalue weighted by molar-refractivity contribution is 0.321. The fourth-order valence-electron chi connectivity index (χ4n) is 3.03. The Bertz CT molecular complexity index is 605. The van der Waals surface area contributed by atoms with Gasteiger partial charge in [0.1, 0.15) is 23.2 Å². The Morgan fingerprint density at radius 2 is 0.870 bits per heavy atom. The number of aliphatic hydroxyl groups is 1. The Kier molecular flexibility index (Phi) is 6.36. The molecule has 0 saturated carbocycles. The Morgan fingerprint density at radius 1 is 0.565 bits per heavy atom. The topological polar surface area (TPSA) is 20.2 Å². The van der Waals surface area contributed by atoms with E-state index >= 15 is 0 Å². The summed E-state index contributed by atoms with van der Waals surface area (Å²) in [6.45, 7) is 0.187. The van der Waals surface area contributed by atoms with E-state index in [9.17, 15) is 5.11 Å². The van der Waals surface area contributed by atoms with Gasteiger partial charge in [0.2, 0.25) is 0 Å². The summed E-state index contributed by atoms with van der Waals surface area (Å²) >= 11 is 0. The van der Waals surface area contributed by atoms with Crippen LogP contribution in [0.2, 0.25) is 0 Å². The zero-order valence-electron chi connectivity index (χ0n) is 12.9. The fourth-order valence-corrected chi connectivity index (χ4v) is 7.04. The molecular formula is C20H21ClOP+. The molecule has 118 valence electrons. The Balaban J connectivity index is 0.00000192. The van der Waals surface area contributed by atoms with E-state index in [-0.39, 0.29) is 19.0 Å². The van der Waals surface area contributed by atoms with E-state index in [1.165, 1.54) is 15.9 Å². The molecule has 0 aliphatic rings. The van der Waals surface area contributed by atoms with E-state index in [1.54, 1.807) is 0 Å². The third-order valence-electron chi connectivity index (χ3n) is 4.03. The quantitative estimate of drug-likeness (QED) is 0.704. The maximum absolute atomic E-state index is 9.81. The van der Waals surface area contributed by atoms with Crippen molar-refractivity contribution in [2.45, 2.75) is 0 Å². The highest BCUT2D eigenvalue weighted by Gasteiger charge is 2.44. The molecule has 0 radical (unpaired) electrons. The summed E-state index contributed by atoms with van der Waals surface area (Å²) < 4.78 is 0. The van der Waals surface area contributed by atoms with Crippen LogP contribution in [0.4, 0.5) is 0 Å². The Hall–Kier alpha value is -1.66. The van der Waals surface area contributed by atoms with Crippen molar-refractivity contribution < 1.29 is 5.11 Å². The third-order valence-corrected chi connectivity index (χ3v) is 8.44. The van der Waals surface area contributed by atoms with Gasteiger partial charge in [-0.1, -0.05) is 54.6 Å². The van der Waals surface area contributed by atoms with Crippen LogP contribution in [0.1, 0.15) is 0 Å². The number of hydrogen-bond acceptors (Lipinski definition) is 1. The van der Waals surface area contributed by atoms with Crippen molar-refractivity contribution in [1.82, 2.24) is 0 Å². The fraction of sp³-hybridized carbons (Fsp3) is 0.100. The molecular weight excluding hydrogens is 323 g/mol. The third kappa shape index (κ3) is 3.48. The van der Waals surface area contributed by atoms with Gasteiger partial charge in [0, 0.05) is 0 Å². The summed E-state index contributed by atoms with van der Waals surface area (Å²) in [7, 11) is -1.80. The molecule has 0 spiro atoms. The summed E-state index contributed by atoms with van der Waals surface area (Å²) in [5.74, 6) is 0. The highest BCUT2D eigenvalue weighted by Crippen LogP contribution is 2.54. The predicted octanol–water partition coefficient (Wildman–Crippen LogP) is 3.39. The monoisotopic (exact) mass is 343 g/mol. The van der Waals surface area contributed by atoms with Crippen LogP contribution in [-0.4, -0.2) is 17.9 Å². The first kappa shape index (κ1) is 17.7. The van der Waals surface area contributed by atoms with Crippen LogP contribution >= 0.6 is 19.7 Å². The normalized spacial score (nSPS) is 10.8. The summed E-state index contributed by atoms with van der Waals surface area (Å²) in [6.07, 6.45) is 0.769. The van der Waals surface area contributed by atoms with Gasteiger partial charge in [0.05, 0.1) is 12.8 Å². The zero-order chi connectivity index (χ0) is 15.3. The molecule has 0 atom stereocenters. The van der Waals surface area contributed by atoms with Gasteiger partial charge in [-0.05, 0) is 36.4 Å². The second kappa shape index (κ2) is 8.26. The summed E-state index contributed by atoms with van der Waals surface area (Å²) in [4.78, 5) is 0. The van der Waals surface area contributed by atoms with Gasteiger partial charge in [-0.2, -0.15) is 0 Å². The number of hydrogen-bond donors (Lipinski definition) is 1. The average molecular weight is 344 g/mol. The molecule has 0 aliphatic carbocycles. The van der Waals surface area contributed by atoms with Crippen molar-refractivity contribution in [1.29, 1.82) is 0 Å². The van der Waals surface area contributed by atoms with Crippen molar-refractivity contribution in [3.05, 3.63) is 91.0 Å². The van der Waals surface area contributed by atoms with Crippen molar-refractivity contribution in [3.63, 3.8) is 0 Å². The molecule has 1 N–H and O–H groups in total. The highest BCUT2D eigenvalue weighted by molar-refractivity contribution is 7.95. The minimum Gasteiger partial charge on any atom is -0.393 e. The molecule has 0 fully saturated rings. The van der Waals surface area contributed by atoms with Crippen molar-refractivity contribution in [3.8, 4) is 0 Å². The van der Waals surface area contributed by atoms with Crippen LogP contribution in [0.25, 0.3) is 0 Å². The lowest BCUT2D eigenvalue weighted by atomic mass is 10.4. The molecule has 3 rings (SSSR count). The van der Waals surface area contributed by atoms with E-state index in [0.29, 0.717) is 0 Å². The van der Waals surface area contributed by atoms with Crippen molar-refractivity contribution >= 4 is 35.6 Å². The standard InChI is InChI=1S/C20H20OP.ClH/c21-16-17-22(18-10-4-1-5-11-18,19-12-6-2-7-13-19)20-14-8-3-9-15-20;/h1-15,21H,16-17H2;1H/q+1;. The van der Waals surface area contributed by atoms with E-state index in [0.717, 1.165) is 6.16 Å². The SMILES string of the molecule is Cl.OCC[P+](c1ccccc1)(c1ccccc1)c1ccccc1. The van der Waals surface area contributed by atoms with Gasteiger partial charge < -0.3 is 5.11 Å². The largest absolute Gasteiger partial charge is 0.393 e. The molecule has 0 aromatic heterocycles. The highest BCUT2D eigenvalue weighted by atomic mass is 35.5. The van der Waals surface area contributed by atoms with Crippen LogP contribution < -0.4 is 15.9 Å². The zero-order valence-corrected chi connectivity index (χ0v) is 14.6. The van der Waals surface area contributed by atoms with Gasteiger partial charge in [-0.25, -0.2) is 0 Å². The van der Waals surface area contributed by atoms with Gasteiger partial charge >= 0.3 is 0 Å². The predicted molar refractivity (Wildman–Crippen MR) is 104 cm³/mol. The van der Waals surface area contributed by atoms with E-state index in [4.69, 9.17) is 0 Å². The maximum Gasteiger partial charge on any atom is 0.114 e. The number of halogens is 1. The van der Waals surface area contributed by atoms with Crippen LogP contribution in [0.5, 0.6) is 0 Å². The van der Waals surface area contributed by atoms with Gasteiger partial charge in [0.25, 0.3) is 0 Å². The summed E-state index contributed by atoms with van der Waals surface area (Å²) in [5.41, 5.74) is 0. The van der Waals surface area contributed by atoms with Crippen LogP contribution in [0.3, 0.4) is 0 Å². The summed E-state index contributed by atoms with van der Waals surface area (Å²) in [5, 5.41) is 13.8. The Labute approximate surface area is 144 Å². The van der Waals surface area contributed by atoms with Crippen LogP contribution in [0.15, 0.2) is 91.0 Å². The lowest BCUT2D eigenvalue weighted by Gasteiger charge is -2.26. The van der Waals surface area contributed by atoms with Crippen LogP contribution in [0, 0.1) is 0 Å². The van der Waals surface area contributed by atoms with E-state index < -0.39 is 7.26 Å². The van der Waals surface area contributed by atoms with Crippen LogP contribution in [-0.2, 0) is 0 Å². The number of rotatable bonds is 5. The molecule has 0 aliphatic heterocycles. The van der Waals surface area contributed by atoms with E-state index in [1.807, 2.05) is 18.2 Å². The van der Waals surface area contributed by atoms with Gasteiger partial charge in [-0.3, -0.25) is 0 Å². The maximum atomic E-state index is 9.81. The van der Waals surface area contributed by atoms with E-state index in [2.05, 4.69) is 72.8 Å². The lowest BCUT2D eigenvalue weighted by Crippen LogP contribution is -2.34. The second-order valence-electron chi connectivity index (χ2n) is 5.26. The molecule has 0 saturated heterocycles. The molecule has 3 aromatic rings. The number of benzene rings is 3. The first-order valence-electron chi connectivity index (χ1n) is 7.54. The molecule has 3 aromatic carbocycles.